The molecule has 1 aromatic rings. The van der Waals surface area contributed by atoms with E-state index in [1.807, 2.05) is 0 Å². The Balaban J connectivity index is 2.35. The van der Waals surface area contributed by atoms with Gasteiger partial charge in [-0.2, -0.15) is 0 Å². The number of hydrogen-bond donors (Lipinski definition) is 1. The zero-order valence-electron chi connectivity index (χ0n) is 9.20. The average Bonchev–Trinajstić information content (AvgIpc) is 2.46. The molecule has 0 saturated carbocycles. The molecule has 15 heavy (non-hydrogen) atoms. The van der Waals surface area contributed by atoms with Crippen LogP contribution in [-0.4, -0.2) is 6.04 Å². The lowest BCUT2D eigenvalue weighted by Gasteiger charge is -2.27. The molecule has 1 heterocycles. The van der Waals surface area contributed by atoms with Crippen molar-refractivity contribution in [2.45, 2.75) is 33.2 Å². The summed E-state index contributed by atoms with van der Waals surface area (Å²) in [6.07, 6.45) is 0.630. The van der Waals surface area contributed by atoms with Crippen LogP contribution in [0.25, 0.3) is 0 Å². The molecule has 1 nitrogen and oxygen atoms in total. The lowest BCUT2D eigenvalue weighted by atomic mass is 9.85. The first-order valence-electron chi connectivity index (χ1n) is 5.12. The summed E-state index contributed by atoms with van der Waals surface area (Å²) in [4.78, 5) is 0. The molecule has 3 heteroatoms. The summed E-state index contributed by atoms with van der Waals surface area (Å²) in [6, 6.07) is 2.49. The fraction of sp³-hybridized carbons (Fsp3) is 0.500. The lowest BCUT2D eigenvalue weighted by Crippen LogP contribution is -2.31. The number of benzene rings is 1. The maximum atomic E-state index is 13.4. The van der Waals surface area contributed by atoms with E-state index in [1.54, 1.807) is 0 Å². The summed E-state index contributed by atoms with van der Waals surface area (Å²) >= 11 is 0. The molecular formula is C12H15F2N. The van der Waals surface area contributed by atoms with Crippen LogP contribution in [0.1, 0.15) is 26.3 Å². The Bertz CT molecular complexity index is 393. The number of anilines is 1. The molecule has 0 fully saturated rings. The van der Waals surface area contributed by atoms with Gasteiger partial charge >= 0.3 is 0 Å². The van der Waals surface area contributed by atoms with Crippen LogP contribution in [0.15, 0.2) is 12.1 Å². The molecule has 0 spiro atoms. The van der Waals surface area contributed by atoms with Gasteiger partial charge in [0.05, 0.1) is 0 Å². The predicted molar refractivity (Wildman–Crippen MR) is 56.9 cm³/mol. The highest BCUT2D eigenvalue weighted by Crippen LogP contribution is 2.36. The van der Waals surface area contributed by atoms with Gasteiger partial charge in [0, 0.05) is 23.4 Å². The standard InChI is InChI=1S/C12H15F2N/c1-12(2,3)11-6-8-9(14)4-7(13)5-10(8)15-11/h4-5,11,15H,6H2,1-3H3. The Labute approximate surface area is 88.5 Å². The molecular weight excluding hydrogens is 196 g/mol. The van der Waals surface area contributed by atoms with Gasteiger partial charge in [-0.05, 0) is 17.9 Å². The predicted octanol–water partition coefficient (Wildman–Crippen LogP) is 3.35. The first-order valence-corrected chi connectivity index (χ1v) is 5.12. The van der Waals surface area contributed by atoms with Crippen molar-refractivity contribution in [3.05, 3.63) is 29.3 Å². The van der Waals surface area contributed by atoms with E-state index < -0.39 is 11.6 Å². The molecule has 0 bridgehead atoms. The third-order valence-electron chi connectivity index (χ3n) is 2.94. The number of hydrogen-bond acceptors (Lipinski definition) is 1. The second-order valence-corrected chi connectivity index (χ2v) is 5.18. The summed E-state index contributed by atoms with van der Waals surface area (Å²) in [7, 11) is 0. The Morgan fingerprint density at radius 3 is 2.53 bits per heavy atom. The lowest BCUT2D eigenvalue weighted by molar-refractivity contribution is 0.346. The van der Waals surface area contributed by atoms with Gasteiger partial charge in [0.15, 0.2) is 0 Å². The minimum Gasteiger partial charge on any atom is -0.381 e. The van der Waals surface area contributed by atoms with E-state index in [2.05, 4.69) is 26.1 Å². The van der Waals surface area contributed by atoms with Crippen LogP contribution in [0.4, 0.5) is 14.5 Å². The highest BCUT2D eigenvalue weighted by molar-refractivity contribution is 5.58. The van der Waals surface area contributed by atoms with Crippen LogP contribution in [0.3, 0.4) is 0 Å². The molecule has 1 unspecified atom stereocenters. The van der Waals surface area contributed by atoms with Gasteiger partial charge in [-0.25, -0.2) is 8.78 Å². The highest BCUT2D eigenvalue weighted by Gasteiger charge is 2.32. The summed E-state index contributed by atoms with van der Waals surface area (Å²) in [5, 5.41) is 3.18. The van der Waals surface area contributed by atoms with Gasteiger partial charge < -0.3 is 5.32 Å². The van der Waals surface area contributed by atoms with Crippen LogP contribution < -0.4 is 5.32 Å². The minimum atomic E-state index is -0.520. The van der Waals surface area contributed by atoms with Crippen LogP contribution >= 0.6 is 0 Å². The summed E-state index contributed by atoms with van der Waals surface area (Å²) in [5.74, 6) is -0.961. The van der Waals surface area contributed by atoms with Crippen LogP contribution in [-0.2, 0) is 6.42 Å². The SMILES string of the molecule is CC(C)(C)C1Cc2c(F)cc(F)cc2N1. The molecule has 0 aliphatic carbocycles. The van der Waals surface area contributed by atoms with Crippen LogP contribution in [0, 0.1) is 17.0 Å². The van der Waals surface area contributed by atoms with E-state index in [-0.39, 0.29) is 11.5 Å². The molecule has 82 valence electrons. The zero-order chi connectivity index (χ0) is 11.2. The van der Waals surface area contributed by atoms with Gasteiger partial charge in [0.1, 0.15) is 11.6 Å². The van der Waals surface area contributed by atoms with Gasteiger partial charge in [-0.15, -0.1) is 0 Å². The van der Waals surface area contributed by atoms with E-state index in [0.29, 0.717) is 17.7 Å². The molecule has 0 radical (unpaired) electrons. The third-order valence-corrected chi connectivity index (χ3v) is 2.94. The van der Waals surface area contributed by atoms with Gasteiger partial charge in [0.2, 0.25) is 0 Å². The van der Waals surface area contributed by atoms with Crippen molar-refractivity contribution in [2.75, 3.05) is 5.32 Å². The van der Waals surface area contributed by atoms with Crippen molar-refractivity contribution in [2.24, 2.45) is 5.41 Å². The van der Waals surface area contributed by atoms with Gasteiger partial charge in [0.25, 0.3) is 0 Å². The van der Waals surface area contributed by atoms with E-state index >= 15 is 0 Å². The van der Waals surface area contributed by atoms with Crippen molar-refractivity contribution in [3.8, 4) is 0 Å². The van der Waals surface area contributed by atoms with E-state index in [9.17, 15) is 8.78 Å². The van der Waals surface area contributed by atoms with Crippen LogP contribution in [0.2, 0.25) is 0 Å². The normalized spacial score (nSPS) is 19.9. The van der Waals surface area contributed by atoms with Gasteiger partial charge in [-0.1, -0.05) is 20.8 Å². The number of nitrogens with one attached hydrogen (secondary N) is 1. The molecule has 0 amide bonds. The smallest absolute Gasteiger partial charge is 0.131 e. The third kappa shape index (κ3) is 1.83. The van der Waals surface area contributed by atoms with E-state index in [0.717, 1.165) is 6.07 Å². The van der Waals surface area contributed by atoms with Crippen molar-refractivity contribution in [1.82, 2.24) is 0 Å². The molecule has 1 aliphatic rings. The van der Waals surface area contributed by atoms with Crippen molar-refractivity contribution < 1.29 is 8.78 Å². The second kappa shape index (κ2) is 3.19. The Morgan fingerprint density at radius 2 is 1.93 bits per heavy atom. The van der Waals surface area contributed by atoms with Crippen molar-refractivity contribution in [1.29, 1.82) is 0 Å². The zero-order valence-corrected chi connectivity index (χ0v) is 9.20. The fourth-order valence-electron chi connectivity index (χ4n) is 1.91. The Morgan fingerprint density at radius 1 is 1.27 bits per heavy atom. The topological polar surface area (TPSA) is 12.0 Å². The monoisotopic (exact) mass is 211 g/mol. The molecule has 1 atom stereocenters. The summed E-state index contributed by atoms with van der Waals surface area (Å²) in [6.45, 7) is 6.26. The van der Waals surface area contributed by atoms with Crippen molar-refractivity contribution >= 4 is 5.69 Å². The fourth-order valence-corrected chi connectivity index (χ4v) is 1.91. The summed E-state index contributed by atoms with van der Waals surface area (Å²) < 4.78 is 26.4. The van der Waals surface area contributed by atoms with E-state index in [1.165, 1.54) is 6.07 Å². The van der Waals surface area contributed by atoms with E-state index in [4.69, 9.17) is 0 Å². The van der Waals surface area contributed by atoms with Gasteiger partial charge in [-0.3, -0.25) is 0 Å². The second-order valence-electron chi connectivity index (χ2n) is 5.18. The molecule has 1 aromatic carbocycles. The maximum Gasteiger partial charge on any atom is 0.131 e. The Kier molecular flexibility index (Phi) is 2.21. The molecule has 0 aromatic heterocycles. The van der Waals surface area contributed by atoms with Crippen LogP contribution in [0.5, 0.6) is 0 Å². The molecule has 1 aliphatic heterocycles. The molecule has 1 N–H and O–H groups in total. The number of halogens is 2. The summed E-state index contributed by atoms with van der Waals surface area (Å²) in [5.41, 5.74) is 1.26. The first-order chi connectivity index (χ1) is 6.88. The average molecular weight is 211 g/mol. The Hall–Kier alpha value is -1.12. The quantitative estimate of drug-likeness (QED) is 0.694. The molecule has 0 saturated heterocycles. The number of fused-ring (bicyclic) bond motifs is 1. The number of rotatable bonds is 0. The first kappa shape index (κ1) is 10.4. The van der Waals surface area contributed by atoms with Crippen molar-refractivity contribution in [3.63, 3.8) is 0 Å². The molecule has 2 rings (SSSR count). The highest BCUT2D eigenvalue weighted by atomic mass is 19.1. The largest absolute Gasteiger partial charge is 0.381 e. The maximum absolute atomic E-state index is 13.4. The minimum absolute atomic E-state index is 0.0436.